The second-order valence-corrected chi connectivity index (χ2v) is 9.46. The van der Waals surface area contributed by atoms with Crippen molar-refractivity contribution in [2.45, 2.75) is 25.3 Å². The predicted octanol–water partition coefficient (Wildman–Crippen LogP) is 6.60. The minimum Gasteiger partial charge on any atom is -0.452 e. The van der Waals surface area contributed by atoms with Gasteiger partial charge < -0.3 is 4.74 Å². The highest BCUT2D eigenvalue weighted by Gasteiger charge is 2.43. The Morgan fingerprint density at radius 2 is 1.73 bits per heavy atom. The van der Waals surface area contributed by atoms with Gasteiger partial charge in [0, 0.05) is 10.9 Å². The summed E-state index contributed by atoms with van der Waals surface area (Å²) >= 11 is 5.95. The Morgan fingerprint density at radius 1 is 1.03 bits per heavy atom. The molecule has 0 N–H and O–H groups in total. The van der Waals surface area contributed by atoms with E-state index in [4.69, 9.17) is 21.4 Å². The van der Waals surface area contributed by atoms with Crippen molar-refractivity contribution in [3.63, 3.8) is 0 Å². The van der Waals surface area contributed by atoms with E-state index in [0.29, 0.717) is 5.02 Å². The van der Waals surface area contributed by atoms with Gasteiger partial charge in [-0.3, -0.25) is 4.79 Å². The first kappa shape index (κ1) is 24.8. The van der Waals surface area contributed by atoms with Crippen molar-refractivity contribution in [1.29, 1.82) is 0 Å². The molecule has 1 fully saturated rings. The topological polar surface area (TPSA) is 59.0 Å². The zero-order valence-corrected chi connectivity index (χ0v) is 20.5. The lowest BCUT2D eigenvalue weighted by Crippen LogP contribution is -2.34. The Hall–Kier alpha value is -3.84. The Balaban J connectivity index is 1.43. The number of fused-ring (bicyclic) bond motifs is 1. The molecule has 5 rings (SSSR count). The Morgan fingerprint density at radius 3 is 2.43 bits per heavy atom. The van der Waals surface area contributed by atoms with E-state index in [2.05, 4.69) is 0 Å². The van der Waals surface area contributed by atoms with Crippen molar-refractivity contribution in [2.24, 2.45) is 11.0 Å². The third kappa shape index (κ3) is 5.47. The third-order valence-electron chi connectivity index (χ3n) is 6.57. The molecule has 0 radical (unpaired) electrons. The number of amides is 1. The van der Waals surface area contributed by atoms with Gasteiger partial charge >= 0.3 is 5.97 Å². The molecule has 188 valence electrons. The van der Waals surface area contributed by atoms with E-state index in [1.54, 1.807) is 42.5 Å². The van der Waals surface area contributed by atoms with Crippen LogP contribution in [0.5, 0.6) is 0 Å². The largest absolute Gasteiger partial charge is 0.452 e. The molecule has 1 heterocycles. The Bertz CT molecular complexity index is 1390. The number of esters is 1. The zero-order chi connectivity index (χ0) is 25.9. The number of allylic oxidation sites excluding steroid dienone is 1. The van der Waals surface area contributed by atoms with Crippen LogP contribution in [-0.4, -0.2) is 29.2 Å². The monoisotopic (exact) mass is 520 g/mol. The van der Waals surface area contributed by atoms with Crippen molar-refractivity contribution in [3.8, 4) is 0 Å². The first-order valence-corrected chi connectivity index (χ1v) is 12.3. The molecular formula is C29H23ClF2N2O3. The smallest absolute Gasteiger partial charge is 0.338 e. The average Bonchev–Trinajstić information content (AvgIpc) is 3.29. The summed E-state index contributed by atoms with van der Waals surface area (Å²) in [6.45, 7) is -0.510. The van der Waals surface area contributed by atoms with Crippen LogP contribution in [0.4, 0.5) is 8.78 Å². The Kier molecular flexibility index (Phi) is 7.15. The van der Waals surface area contributed by atoms with Crippen LogP contribution >= 0.6 is 11.6 Å². The van der Waals surface area contributed by atoms with Crippen LogP contribution in [0.1, 0.15) is 46.8 Å². The van der Waals surface area contributed by atoms with Gasteiger partial charge in [0.25, 0.3) is 5.91 Å². The highest BCUT2D eigenvalue weighted by molar-refractivity contribution is 6.30. The molecule has 2 aliphatic rings. The second-order valence-electron chi connectivity index (χ2n) is 9.03. The summed E-state index contributed by atoms with van der Waals surface area (Å²) in [4.78, 5) is 25.8. The lowest BCUT2D eigenvalue weighted by Gasteiger charge is -2.29. The molecule has 1 amide bonds. The molecular weight excluding hydrogens is 498 g/mol. The average molecular weight is 521 g/mol. The minimum atomic E-state index is -0.671. The van der Waals surface area contributed by atoms with E-state index in [1.165, 1.54) is 35.3 Å². The van der Waals surface area contributed by atoms with Crippen LogP contribution in [0.25, 0.3) is 6.08 Å². The van der Waals surface area contributed by atoms with E-state index < -0.39 is 24.5 Å². The zero-order valence-electron chi connectivity index (χ0n) is 19.7. The third-order valence-corrected chi connectivity index (χ3v) is 6.80. The summed E-state index contributed by atoms with van der Waals surface area (Å²) in [5.41, 5.74) is 3.53. The molecule has 0 aromatic heterocycles. The quantitative estimate of drug-likeness (QED) is 0.356. The van der Waals surface area contributed by atoms with E-state index in [-0.39, 0.29) is 23.1 Å². The number of hydrogen-bond acceptors (Lipinski definition) is 4. The number of benzene rings is 3. The molecule has 3 aromatic carbocycles. The molecule has 37 heavy (non-hydrogen) atoms. The highest BCUT2D eigenvalue weighted by Crippen LogP contribution is 2.44. The molecule has 2 unspecified atom stereocenters. The standard InChI is InChI=1S/C29H23ClF2N2O3/c30-22-5-1-4-21(16-22)29(36)37-17-26(35)34-28(19-9-13-24(32)14-10-19)25-6-2-3-20(27(25)33-34)15-18-7-11-23(31)12-8-18/h1,4-5,7-16,25,28H,2-3,6,17H2. The summed E-state index contributed by atoms with van der Waals surface area (Å²) in [7, 11) is 0. The maximum Gasteiger partial charge on any atom is 0.338 e. The molecule has 0 bridgehead atoms. The van der Waals surface area contributed by atoms with Crippen LogP contribution < -0.4 is 0 Å². The fourth-order valence-electron chi connectivity index (χ4n) is 4.85. The van der Waals surface area contributed by atoms with Crippen LogP contribution in [-0.2, 0) is 9.53 Å². The Labute approximate surface area is 218 Å². The van der Waals surface area contributed by atoms with Crippen LogP contribution in [0.2, 0.25) is 5.02 Å². The number of ether oxygens (including phenoxy) is 1. The SMILES string of the molecule is O=C(OCC(=O)N1N=C2C(=Cc3ccc(F)cc3)CCCC2C1c1ccc(F)cc1)c1cccc(Cl)c1. The first-order valence-electron chi connectivity index (χ1n) is 11.9. The number of nitrogens with zero attached hydrogens (tertiary/aromatic N) is 2. The molecule has 1 aliphatic carbocycles. The van der Waals surface area contributed by atoms with Gasteiger partial charge in [0.2, 0.25) is 0 Å². The van der Waals surface area contributed by atoms with Crippen molar-refractivity contribution in [3.05, 3.63) is 112 Å². The molecule has 0 saturated heterocycles. The fourth-order valence-corrected chi connectivity index (χ4v) is 5.04. The number of halogens is 3. The second kappa shape index (κ2) is 10.6. The van der Waals surface area contributed by atoms with Crippen LogP contribution in [0.3, 0.4) is 0 Å². The number of rotatable bonds is 5. The van der Waals surface area contributed by atoms with Gasteiger partial charge in [-0.1, -0.05) is 41.9 Å². The maximum absolute atomic E-state index is 13.7. The lowest BCUT2D eigenvalue weighted by molar-refractivity contribution is -0.137. The number of hydrazone groups is 1. The minimum absolute atomic E-state index is 0.113. The lowest BCUT2D eigenvalue weighted by atomic mass is 9.77. The molecule has 5 nitrogen and oxygen atoms in total. The van der Waals surface area contributed by atoms with Gasteiger partial charge in [-0.15, -0.1) is 0 Å². The van der Waals surface area contributed by atoms with Gasteiger partial charge in [0.1, 0.15) is 11.6 Å². The van der Waals surface area contributed by atoms with Gasteiger partial charge in [-0.25, -0.2) is 18.6 Å². The molecule has 8 heteroatoms. The summed E-state index contributed by atoms with van der Waals surface area (Å²) in [5, 5.41) is 6.43. The van der Waals surface area contributed by atoms with Crippen LogP contribution in [0, 0.1) is 17.6 Å². The summed E-state index contributed by atoms with van der Waals surface area (Å²) < 4.78 is 32.3. The molecule has 0 spiro atoms. The van der Waals surface area contributed by atoms with Crippen molar-refractivity contribution >= 4 is 35.3 Å². The van der Waals surface area contributed by atoms with Crippen molar-refractivity contribution in [1.82, 2.24) is 5.01 Å². The van der Waals surface area contributed by atoms with Crippen molar-refractivity contribution in [2.75, 3.05) is 6.61 Å². The fraction of sp³-hybridized carbons (Fsp3) is 0.207. The van der Waals surface area contributed by atoms with Gasteiger partial charge in [0.05, 0.1) is 17.3 Å². The number of carbonyl (C=O) groups is 2. The first-order chi connectivity index (χ1) is 17.9. The van der Waals surface area contributed by atoms with E-state index >= 15 is 0 Å². The molecule has 2 atom stereocenters. The molecule has 3 aromatic rings. The van der Waals surface area contributed by atoms with Gasteiger partial charge in [-0.05, 0) is 84.5 Å². The predicted molar refractivity (Wildman–Crippen MR) is 137 cm³/mol. The van der Waals surface area contributed by atoms with Crippen molar-refractivity contribution < 1.29 is 23.1 Å². The van der Waals surface area contributed by atoms with Gasteiger partial charge in [-0.2, -0.15) is 5.10 Å². The van der Waals surface area contributed by atoms with Crippen LogP contribution in [0.15, 0.2) is 83.5 Å². The van der Waals surface area contributed by atoms with E-state index in [1.807, 2.05) is 6.08 Å². The number of carbonyl (C=O) groups excluding carboxylic acids is 2. The summed E-state index contributed by atoms with van der Waals surface area (Å²) in [6, 6.07) is 18.0. The summed E-state index contributed by atoms with van der Waals surface area (Å²) in [5.74, 6) is -1.97. The van der Waals surface area contributed by atoms with Gasteiger partial charge in [0.15, 0.2) is 6.61 Å². The summed E-state index contributed by atoms with van der Waals surface area (Å²) in [6.07, 6.45) is 4.38. The number of hydrogen-bond donors (Lipinski definition) is 0. The molecule has 1 aliphatic heterocycles. The normalized spacial score (nSPS) is 19.9. The van der Waals surface area contributed by atoms with E-state index in [0.717, 1.165) is 41.7 Å². The highest BCUT2D eigenvalue weighted by atomic mass is 35.5. The van der Waals surface area contributed by atoms with E-state index in [9.17, 15) is 18.4 Å². The maximum atomic E-state index is 13.7. The molecule has 1 saturated carbocycles.